The van der Waals surface area contributed by atoms with Crippen LogP contribution in [0.5, 0.6) is 0 Å². The number of amidine groups is 1. The summed E-state index contributed by atoms with van der Waals surface area (Å²) in [5.41, 5.74) is 12.8. The second kappa shape index (κ2) is 13.3. The van der Waals surface area contributed by atoms with E-state index in [1.54, 1.807) is 0 Å². The average Bonchev–Trinajstić information content (AvgIpc) is 3.79. The van der Waals surface area contributed by atoms with E-state index >= 15 is 0 Å². The SMILES string of the molecule is c1ccc(C2=NC(c3ccc(-n4c5ccccc5c5cc(-c6ccc7c(c6)c6ccccc6n7-c6ccccc6)ccc54)cc3)NC(c3ccccc3)N2)cc1. The maximum absolute atomic E-state index is 5.17. The van der Waals surface area contributed by atoms with Crippen molar-refractivity contribution < 1.29 is 0 Å². The van der Waals surface area contributed by atoms with E-state index in [4.69, 9.17) is 4.99 Å². The number of nitrogens with one attached hydrogen (secondary N) is 2. The zero-order valence-corrected chi connectivity index (χ0v) is 30.5. The van der Waals surface area contributed by atoms with Crippen molar-refractivity contribution in [1.29, 1.82) is 0 Å². The van der Waals surface area contributed by atoms with Gasteiger partial charge < -0.3 is 14.5 Å². The average molecular weight is 720 g/mol. The van der Waals surface area contributed by atoms with Crippen molar-refractivity contribution in [2.45, 2.75) is 12.3 Å². The van der Waals surface area contributed by atoms with E-state index < -0.39 is 0 Å². The minimum absolute atomic E-state index is 0.0803. The van der Waals surface area contributed by atoms with Gasteiger partial charge in [-0.25, -0.2) is 4.99 Å². The Morgan fingerprint density at radius 1 is 0.375 bits per heavy atom. The Morgan fingerprint density at radius 2 is 0.857 bits per heavy atom. The third-order valence-electron chi connectivity index (χ3n) is 11.2. The van der Waals surface area contributed by atoms with Crippen LogP contribution < -0.4 is 10.6 Å². The van der Waals surface area contributed by atoms with Gasteiger partial charge in [0.05, 0.1) is 22.1 Å². The Kier molecular flexibility index (Phi) is 7.64. The maximum Gasteiger partial charge on any atom is 0.131 e. The lowest BCUT2D eigenvalue weighted by Gasteiger charge is -2.32. The number of nitrogens with zero attached hydrogens (tertiary/aromatic N) is 3. The van der Waals surface area contributed by atoms with E-state index in [9.17, 15) is 0 Å². The number of fused-ring (bicyclic) bond motifs is 6. The van der Waals surface area contributed by atoms with Gasteiger partial charge in [-0.15, -0.1) is 0 Å². The van der Waals surface area contributed by atoms with Gasteiger partial charge in [-0.2, -0.15) is 0 Å². The molecule has 2 unspecified atom stereocenters. The lowest BCUT2D eigenvalue weighted by atomic mass is 10.0. The largest absolute Gasteiger partial charge is 0.350 e. The van der Waals surface area contributed by atoms with Gasteiger partial charge in [0.15, 0.2) is 0 Å². The van der Waals surface area contributed by atoms with E-state index in [1.165, 1.54) is 66.0 Å². The van der Waals surface area contributed by atoms with Gasteiger partial charge in [0.1, 0.15) is 18.2 Å². The summed E-state index contributed by atoms with van der Waals surface area (Å²) in [6, 6.07) is 71.7. The summed E-state index contributed by atoms with van der Waals surface area (Å²) in [6.07, 6.45) is -0.297. The Bertz CT molecular complexity index is 3070. The van der Waals surface area contributed by atoms with Crippen LogP contribution in [-0.2, 0) is 0 Å². The van der Waals surface area contributed by atoms with Crippen LogP contribution >= 0.6 is 0 Å². The van der Waals surface area contributed by atoms with Gasteiger partial charge >= 0.3 is 0 Å². The number of hydrogen-bond acceptors (Lipinski definition) is 3. The summed E-state index contributed by atoms with van der Waals surface area (Å²) in [7, 11) is 0. The summed E-state index contributed by atoms with van der Waals surface area (Å²) in [4.78, 5) is 5.17. The highest BCUT2D eigenvalue weighted by Gasteiger charge is 2.25. The van der Waals surface area contributed by atoms with Crippen LogP contribution in [0.25, 0.3) is 66.1 Å². The quantitative estimate of drug-likeness (QED) is 0.180. The fraction of sp³-hybridized carbons (Fsp3) is 0.0392. The number of rotatable bonds is 6. The van der Waals surface area contributed by atoms with Crippen molar-refractivity contribution in [3.05, 3.63) is 217 Å². The first kappa shape index (κ1) is 32.2. The van der Waals surface area contributed by atoms with Crippen LogP contribution in [0.2, 0.25) is 0 Å². The van der Waals surface area contributed by atoms with Crippen LogP contribution in [0.3, 0.4) is 0 Å². The molecule has 0 aliphatic carbocycles. The molecule has 2 aromatic heterocycles. The lowest BCUT2D eigenvalue weighted by Crippen LogP contribution is -2.44. The Labute approximate surface area is 324 Å². The highest BCUT2D eigenvalue weighted by atomic mass is 15.3. The van der Waals surface area contributed by atoms with E-state index in [-0.39, 0.29) is 12.3 Å². The van der Waals surface area contributed by atoms with Crippen LogP contribution in [0, 0.1) is 0 Å². The second-order valence-electron chi connectivity index (χ2n) is 14.5. The first-order valence-electron chi connectivity index (χ1n) is 19.2. The van der Waals surface area contributed by atoms with Crippen LogP contribution in [-0.4, -0.2) is 15.0 Å². The Balaban J connectivity index is 0.981. The molecule has 266 valence electrons. The molecule has 3 heterocycles. The van der Waals surface area contributed by atoms with Crippen molar-refractivity contribution in [1.82, 2.24) is 19.8 Å². The van der Waals surface area contributed by atoms with Gasteiger partial charge in [0.2, 0.25) is 0 Å². The van der Waals surface area contributed by atoms with E-state index in [0.717, 1.165) is 22.6 Å². The van der Waals surface area contributed by atoms with E-state index in [1.807, 2.05) is 6.07 Å². The normalized spacial score (nSPS) is 15.7. The van der Waals surface area contributed by atoms with Crippen molar-refractivity contribution in [2.75, 3.05) is 0 Å². The summed E-state index contributed by atoms with van der Waals surface area (Å²) in [5, 5.41) is 12.4. The molecule has 8 aromatic carbocycles. The van der Waals surface area contributed by atoms with Crippen molar-refractivity contribution in [3.8, 4) is 22.5 Å². The molecule has 2 atom stereocenters. The molecule has 0 saturated heterocycles. The fourth-order valence-electron chi connectivity index (χ4n) is 8.53. The minimum atomic E-state index is -0.217. The molecule has 2 N–H and O–H groups in total. The van der Waals surface area contributed by atoms with Crippen molar-refractivity contribution >= 4 is 49.4 Å². The third-order valence-corrected chi connectivity index (χ3v) is 11.2. The molecule has 0 spiro atoms. The first-order chi connectivity index (χ1) is 27.8. The monoisotopic (exact) mass is 719 g/mol. The summed E-state index contributed by atoms with van der Waals surface area (Å²) < 4.78 is 4.75. The van der Waals surface area contributed by atoms with Crippen LogP contribution in [0.1, 0.15) is 29.0 Å². The predicted molar refractivity (Wildman–Crippen MR) is 232 cm³/mol. The molecule has 1 aliphatic rings. The second-order valence-corrected chi connectivity index (χ2v) is 14.5. The minimum Gasteiger partial charge on any atom is -0.350 e. The maximum atomic E-state index is 5.17. The molecule has 11 rings (SSSR count). The van der Waals surface area contributed by atoms with Crippen LogP contribution in [0.4, 0.5) is 0 Å². The molecule has 5 heteroatoms. The van der Waals surface area contributed by atoms with Crippen molar-refractivity contribution in [3.63, 3.8) is 0 Å². The van der Waals surface area contributed by atoms with E-state index in [2.05, 4.69) is 214 Å². The standard InChI is InChI=1S/C51H37N5/c1-4-14-34(15-5-1)49-52-50(35-16-6-2-7-17-35)54-51(53-49)36-24-28-40(29-25-36)56-46-23-13-11-21-42(46)44-33-38(27-31-48(44)56)37-26-30-47-43(32-37)41-20-10-12-22-45(41)55(47)39-18-8-3-9-19-39/h1-33,49,51,53H,(H,52,54). The fourth-order valence-corrected chi connectivity index (χ4v) is 8.53. The van der Waals surface area contributed by atoms with Gasteiger partial charge in [-0.3, -0.25) is 5.32 Å². The molecular formula is C51H37N5. The predicted octanol–water partition coefficient (Wildman–Crippen LogP) is 11.9. The zero-order valence-electron chi connectivity index (χ0n) is 30.5. The zero-order chi connectivity index (χ0) is 37.0. The third kappa shape index (κ3) is 5.40. The molecule has 0 bridgehead atoms. The molecular weight excluding hydrogens is 683 g/mol. The molecule has 56 heavy (non-hydrogen) atoms. The number of aliphatic imine (C=N–C) groups is 1. The Hall–Kier alpha value is -7.21. The number of aromatic nitrogens is 2. The number of benzene rings is 8. The highest BCUT2D eigenvalue weighted by molar-refractivity contribution is 6.12. The molecule has 5 nitrogen and oxygen atoms in total. The molecule has 1 aliphatic heterocycles. The molecule has 0 amide bonds. The topological polar surface area (TPSA) is 46.3 Å². The summed E-state index contributed by atoms with van der Waals surface area (Å²) in [5.74, 6) is 0.881. The van der Waals surface area contributed by atoms with E-state index in [0.29, 0.717) is 0 Å². The van der Waals surface area contributed by atoms with Gasteiger partial charge in [-0.05, 0) is 82.9 Å². The summed E-state index contributed by atoms with van der Waals surface area (Å²) >= 11 is 0. The van der Waals surface area contributed by atoms with Gasteiger partial charge in [-0.1, -0.05) is 140 Å². The van der Waals surface area contributed by atoms with Gasteiger partial charge in [0, 0.05) is 38.5 Å². The highest BCUT2D eigenvalue weighted by Crippen LogP contribution is 2.38. The summed E-state index contributed by atoms with van der Waals surface area (Å²) in [6.45, 7) is 0. The Morgan fingerprint density at radius 3 is 1.45 bits per heavy atom. The molecule has 0 radical (unpaired) electrons. The smallest absolute Gasteiger partial charge is 0.131 e. The lowest BCUT2D eigenvalue weighted by molar-refractivity contribution is 0.409. The van der Waals surface area contributed by atoms with Crippen LogP contribution in [0.15, 0.2) is 205 Å². The molecule has 0 saturated carbocycles. The molecule has 10 aromatic rings. The van der Waals surface area contributed by atoms with Gasteiger partial charge in [0.25, 0.3) is 0 Å². The number of para-hydroxylation sites is 3. The van der Waals surface area contributed by atoms with Crippen molar-refractivity contribution in [2.24, 2.45) is 4.99 Å². The number of hydrogen-bond donors (Lipinski definition) is 2. The molecule has 0 fully saturated rings. The first-order valence-corrected chi connectivity index (χ1v) is 19.2.